The minimum atomic E-state index is 0.224. The van der Waals surface area contributed by atoms with E-state index in [0.717, 1.165) is 24.2 Å². The molecule has 1 saturated heterocycles. The first kappa shape index (κ1) is 14.2. The highest BCUT2D eigenvalue weighted by Gasteiger charge is 2.14. The van der Waals surface area contributed by atoms with Gasteiger partial charge in [-0.15, -0.1) is 0 Å². The molecule has 19 heavy (non-hydrogen) atoms. The summed E-state index contributed by atoms with van der Waals surface area (Å²) in [5.41, 5.74) is 1.93. The summed E-state index contributed by atoms with van der Waals surface area (Å²) < 4.78 is 0. The lowest BCUT2D eigenvalue weighted by Crippen LogP contribution is -2.34. The van der Waals surface area contributed by atoms with E-state index in [1.807, 2.05) is 38.2 Å². The second-order valence-electron chi connectivity index (χ2n) is 5.52. The Morgan fingerprint density at radius 2 is 1.95 bits per heavy atom. The summed E-state index contributed by atoms with van der Waals surface area (Å²) >= 11 is 0. The van der Waals surface area contributed by atoms with Crippen LogP contribution in [0.5, 0.6) is 0 Å². The van der Waals surface area contributed by atoms with E-state index >= 15 is 0 Å². The number of hydrogen-bond acceptors (Lipinski definition) is 3. The minimum Gasteiger partial charge on any atom is -0.302 e. The first-order valence-electron chi connectivity index (χ1n) is 7.16. The normalized spacial score (nSPS) is 16.2. The van der Waals surface area contributed by atoms with Gasteiger partial charge < -0.3 is 4.90 Å². The van der Waals surface area contributed by atoms with E-state index < -0.39 is 0 Å². The van der Waals surface area contributed by atoms with Crippen LogP contribution in [0.4, 0.5) is 0 Å². The van der Waals surface area contributed by atoms with Crippen LogP contribution in [-0.4, -0.2) is 55.4 Å². The Hall–Kier alpha value is -1.19. The Bertz CT molecular complexity index is 425. The Kier molecular flexibility index (Phi) is 5.11. The van der Waals surface area contributed by atoms with E-state index in [-0.39, 0.29) is 5.78 Å². The third-order valence-corrected chi connectivity index (χ3v) is 3.86. The Morgan fingerprint density at radius 3 is 2.63 bits per heavy atom. The van der Waals surface area contributed by atoms with Crippen molar-refractivity contribution in [3.05, 3.63) is 35.4 Å². The zero-order valence-corrected chi connectivity index (χ0v) is 12.1. The average molecular weight is 260 g/mol. The van der Waals surface area contributed by atoms with Crippen LogP contribution in [0.25, 0.3) is 0 Å². The summed E-state index contributed by atoms with van der Waals surface area (Å²) in [5, 5.41) is 0. The predicted molar refractivity (Wildman–Crippen MR) is 78.7 cm³/mol. The molecule has 0 radical (unpaired) electrons. The maximum atomic E-state index is 12.2. The van der Waals surface area contributed by atoms with Crippen molar-refractivity contribution in [3.8, 4) is 0 Å². The fourth-order valence-corrected chi connectivity index (χ4v) is 2.61. The fraction of sp³-hybridized carbons (Fsp3) is 0.562. The van der Waals surface area contributed by atoms with Crippen molar-refractivity contribution in [1.29, 1.82) is 0 Å². The number of aryl methyl sites for hydroxylation is 1. The zero-order chi connectivity index (χ0) is 13.7. The minimum absolute atomic E-state index is 0.224. The first-order chi connectivity index (χ1) is 9.16. The molecule has 1 fully saturated rings. The SMILES string of the molecule is Cc1ccccc1C(=O)CN(C)CCN1CCCC1. The number of ketones is 1. The van der Waals surface area contributed by atoms with Crippen LogP contribution >= 0.6 is 0 Å². The van der Waals surface area contributed by atoms with E-state index in [0.29, 0.717) is 6.54 Å². The van der Waals surface area contributed by atoms with Gasteiger partial charge >= 0.3 is 0 Å². The van der Waals surface area contributed by atoms with E-state index in [2.05, 4.69) is 9.80 Å². The third-order valence-electron chi connectivity index (χ3n) is 3.86. The lowest BCUT2D eigenvalue weighted by Gasteiger charge is -2.20. The number of carbonyl (C=O) groups is 1. The number of rotatable bonds is 6. The van der Waals surface area contributed by atoms with Crippen molar-refractivity contribution < 1.29 is 4.79 Å². The van der Waals surface area contributed by atoms with Crippen molar-refractivity contribution >= 4 is 5.78 Å². The maximum absolute atomic E-state index is 12.2. The van der Waals surface area contributed by atoms with Crippen LogP contribution < -0.4 is 0 Å². The number of nitrogens with zero attached hydrogens (tertiary/aromatic N) is 2. The highest BCUT2D eigenvalue weighted by Crippen LogP contribution is 2.09. The third kappa shape index (κ3) is 4.15. The number of Topliss-reactive ketones (excluding diaryl/α,β-unsaturated/α-hetero) is 1. The smallest absolute Gasteiger partial charge is 0.177 e. The quantitative estimate of drug-likeness (QED) is 0.733. The van der Waals surface area contributed by atoms with Gasteiger partial charge in [-0.2, -0.15) is 0 Å². The molecular formula is C16H24N2O. The van der Waals surface area contributed by atoms with Gasteiger partial charge in [0.05, 0.1) is 6.54 Å². The molecule has 104 valence electrons. The molecule has 0 unspecified atom stereocenters. The monoisotopic (exact) mass is 260 g/mol. The van der Waals surface area contributed by atoms with Gasteiger partial charge in [0.2, 0.25) is 0 Å². The van der Waals surface area contributed by atoms with E-state index in [4.69, 9.17) is 0 Å². The largest absolute Gasteiger partial charge is 0.302 e. The van der Waals surface area contributed by atoms with Gasteiger partial charge in [-0.3, -0.25) is 9.69 Å². The van der Waals surface area contributed by atoms with Crippen molar-refractivity contribution in [2.24, 2.45) is 0 Å². The van der Waals surface area contributed by atoms with E-state index in [1.54, 1.807) is 0 Å². The van der Waals surface area contributed by atoms with Crippen molar-refractivity contribution in [2.75, 3.05) is 39.8 Å². The lowest BCUT2D eigenvalue weighted by atomic mass is 10.0. The number of hydrogen-bond donors (Lipinski definition) is 0. The van der Waals surface area contributed by atoms with Crippen molar-refractivity contribution in [1.82, 2.24) is 9.80 Å². The molecule has 0 N–H and O–H groups in total. The molecule has 0 aliphatic carbocycles. The van der Waals surface area contributed by atoms with Crippen LogP contribution in [0.15, 0.2) is 24.3 Å². The van der Waals surface area contributed by atoms with Crippen LogP contribution in [0.1, 0.15) is 28.8 Å². The van der Waals surface area contributed by atoms with Gasteiger partial charge in [0.1, 0.15) is 0 Å². The van der Waals surface area contributed by atoms with Crippen molar-refractivity contribution in [3.63, 3.8) is 0 Å². The number of benzene rings is 1. The van der Waals surface area contributed by atoms with Crippen LogP contribution in [0.2, 0.25) is 0 Å². The maximum Gasteiger partial charge on any atom is 0.177 e. The molecule has 2 rings (SSSR count). The molecule has 1 heterocycles. The molecule has 0 bridgehead atoms. The molecule has 3 nitrogen and oxygen atoms in total. The summed E-state index contributed by atoms with van der Waals surface area (Å²) in [6.07, 6.45) is 2.65. The van der Waals surface area contributed by atoms with E-state index in [9.17, 15) is 4.79 Å². The van der Waals surface area contributed by atoms with Gasteiger partial charge in [-0.1, -0.05) is 24.3 Å². The van der Waals surface area contributed by atoms with Crippen LogP contribution in [0.3, 0.4) is 0 Å². The van der Waals surface area contributed by atoms with E-state index in [1.165, 1.54) is 25.9 Å². The number of carbonyl (C=O) groups excluding carboxylic acids is 1. The summed E-state index contributed by atoms with van der Waals surface area (Å²) in [6.45, 7) is 7.00. The molecule has 1 aliphatic rings. The Labute approximate surface area is 116 Å². The van der Waals surface area contributed by atoms with Crippen LogP contribution in [-0.2, 0) is 0 Å². The summed E-state index contributed by atoms with van der Waals surface area (Å²) in [6, 6.07) is 7.83. The van der Waals surface area contributed by atoms with Gasteiger partial charge in [-0.25, -0.2) is 0 Å². The predicted octanol–water partition coefficient (Wildman–Crippen LogP) is 2.21. The lowest BCUT2D eigenvalue weighted by molar-refractivity contribution is 0.0940. The average Bonchev–Trinajstić information content (AvgIpc) is 2.90. The number of likely N-dealkylation sites (tertiary alicyclic amines) is 1. The highest BCUT2D eigenvalue weighted by molar-refractivity contribution is 5.98. The second kappa shape index (κ2) is 6.83. The Balaban J connectivity index is 1.79. The summed E-state index contributed by atoms with van der Waals surface area (Å²) in [5.74, 6) is 0.224. The molecule has 0 spiro atoms. The Morgan fingerprint density at radius 1 is 1.26 bits per heavy atom. The molecule has 1 aliphatic heterocycles. The first-order valence-corrected chi connectivity index (χ1v) is 7.16. The molecule has 0 atom stereocenters. The molecule has 0 aromatic heterocycles. The van der Waals surface area contributed by atoms with Gasteiger partial charge in [0, 0.05) is 18.7 Å². The molecule has 1 aromatic rings. The van der Waals surface area contributed by atoms with Gasteiger partial charge in [-0.05, 0) is 45.5 Å². The highest BCUT2D eigenvalue weighted by atomic mass is 16.1. The fourth-order valence-electron chi connectivity index (χ4n) is 2.61. The second-order valence-corrected chi connectivity index (χ2v) is 5.52. The molecule has 3 heteroatoms. The number of likely N-dealkylation sites (N-methyl/N-ethyl adjacent to an activating group) is 1. The molecule has 0 amide bonds. The van der Waals surface area contributed by atoms with Crippen LogP contribution in [0, 0.1) is 6.92 Å². The topological polar surface area (TPSA) is 23.6 Å². The van der Waals surface area contributed by atoms with Crippen molar-refractivity contribution in [2.45, 2.75) is 19.8 Å². The zero-order valence-electron chi connectivity index (χ0n) is 12.1. The van der Waals surface area contributed by atoms with Gasteiger partial charge in [0.25, 0.3) is 0 Å². The summed E-state index contributed by atoms with van der Waals surface area (Å²) in [4.78, 5) is 16.8. The standard InChI is InChI=1S/C16H24N2O/c1-14-7-3-4-8-15(14)16(19)13-17(2)11-12-18-9-5-6-10-18/h3-4,7-8H,5-6,9-13H2,1-2H3. The molecular weight excluding hydrogens is 236 g/mol. The molecule has 1 aromatic carbocycles. The van der Waals surface area contributed by atoms with Gasteiger partial charge in [0.15, 0.2) is 5.78 Å². The summed E-state index contributed by atoms with van der Waals surface area (Å²) in [7, 11) is 2.03. The molecule has 0 saturated carbocycles.